The van der Waals surface area contributed by atoms with Gasteiger partial charge in [-0.2, -0.15) is 0 Å². The smallest absolute Gasteiger partial charge is 0.270 e. The Morgan fingerprint density at radius 2 is 1.74 bits per heavy atom. The lowest BCUT2D eigenvalue weighted by Crippen LogP contribution is -1.97. The van der Waals surface area contributed by atoms with E-state index in [-0.39, 0.29) is 11.5 Å². The minimum atomic E-state index is -0.433. The first-order valence-corrected chi connectivity index (χ1v) is 9.42. The standard InChI is InChI=1S/C23H14FN5O2/c24-17-11-9-16(10-12-17)22-26-27-23-20(25-19-6-1-2-7-21(19)28(22)23)13-8-15-4-3-5-18(14-15)29(30)31/h1-14H/b13-8+. The second-order valence-electron chi connectivity index (χ2n) is 6.86. The van der Waals surface area contributed by atoms with Crippen molar-refractivity contribution in [2.24, 2.45) is 0 Å². The number of rotatable bonds is 4. The van der Waals surface area contributed by atoms with Crippen LogP contribution in [0.5, 0.6) is 0 Å². The molecule has 3 aromatic carbocycles. The van der Waals surface area contributed by atoms with Crippen molar-refractivity contribution in [3.05, 3.63) is 100.0 Å². The number of fused-ring (bicyclic) bond motifs is 3. The van der Waals surface area contributed by atoms with Crippen LogP contribution < -0.4 is 0 Å². The quantitative estimate of drug-likeness (QED) is 0.301. The zero-order valence-corrected chi connectivity index (χ0v) is 16.0. The lowest BCUT2D eigenvalue weighted by molar-refractivity contribution is -0.384. The average Bonchev–Trinajstić information content (AvgIpc) is 3.24. The average molecular weight is 411 g/mol. The fourth-order valence-electron chi connectivity index (χ4n) is 3.42. The summed E-state index contributed by atoms with van der Waals surface area (Å²) in [6.07, 6.45) is 3.50. The van der Waals surface area contributed by atoms with Gasteiger partial charge in [-0.3, -0.25) is 14.5 Å². The van der Waals surface area contributed by atoms with Gasteiger partial charge >= 0.3 is 0 Å². The van der Waals surface area contributed by atoms with E-state index in [0.717, 1.165) is 16.6 Å². The van der Waals surface area contributed by atoms with E-state index in [0.29, 0.717) is 22.7 Å². The molecule has 0 aliphatic heterocycles. The fraction of sp³-hybridized carbons (Fsp3) is 0. The molecule has 0 saturated heterocycles. The minimum absolute atomic E-state index is 0.0137. The maximum Gasteiger partial charge on any atom is 0.270 e. The van der Waals surface area contributed by atoms with Gasteiger partial charge in [0.05, 0.1) is 16.0 Å². The topological polar surface area (TPSA) is 86.2 Å². The molecule has 0 bridgehead atoms. The molecule has 0 unspecified atom stereocenters. The lowest BCUT2D eigenvalue weighted by atomic mass is 10.1. The molecule has 0 spiro atoms. The van der Waals surface area contributed by atoms with Gasteiger partial charge in [0.15, 0.2) is 11.5 Å². The van der Waals surface area contributed by atoms with Gasteiger partial charge in [-0.1, -0.05) is 30.3 Å². The number of hydrogen-bond acceptors (Lipinski definition) is 5. The molecule has 5 aromatic rings. The molecule has 0 aliphatic carbocycles. The SMILES string of the molecule is O=[N+]([O-])c1cccc(/C=C/c2nc3ccccc3n3c(-c4ccc(F)cc4)nnc23)c1. The first-order valence-electron chi connectivity index (χ1n) is 9.42. The van der Waals surface area contributed by atoms with Crippen molar-refractivity contribution in [3.8, 4) is 11.4 Å². The molecule has 0 amide bonds. The molecule has 0 radical (unpaired) electrons. The number of halogens is 1. The van der Waals surface area contributed by atoms with Crippen LogP contribution in [-0.2, 0) is 0 Å². The summed E-state index contributed by atoms with van der Waals surface area (Å²) in [5, 5.41) is 19.7. The monoisotopic (exact) mass is 411 g/mol. The largest absolute Gasteiger partial charge is 0.271 e. The summed E-state index contributed by atoms with van der Waals surface area (Å²) < 4.78 is 15.3. The van der Waals surface area contributed by atoms with Crippen LogP contribution in [0.4, 0.5) is 10.1 Å². The normalized spacial score (nSPS) is 11.5. The van der Waals surface area contributed by atoms with Crippen molar-refractivity contribution in [3.63, 3.8) is 0 Å². The molecule has 0 saturated carbocycles. The van der Waals surface area contributed by atoms with Crippen molar-refractivity contribution < 1.29 is 9.31 Å². The second kappa shape index (κ2) is 7.42. The van der Waals surface area contributed by atoms with Crippen molar-refractivity contribution in [1.29, 1.82) is 0 Å². The summed E-state index contributed by atoms with van der Waals surface area (Å²) >= 11 is 0. The van der Waals surface area contributed by atoms with Crippen LogP contribution in [0, 0.1) is 15.9 Å². The van der Waals surface area contributed by atoms with Crippen molar-refractivity contribution in [2.75, 3.05) is 0 Å². The predicted octanol–water partition coefficient (Wildman–Crippen LogP) is 5.16. The first-order chi connectivity index (χ1) is 15.1. The van der Waals surface area contributed by atoms with Gasteiger partial charge in [0.1, 0.15) is 11.5 Å². The number of para-hydroxylation sites is 2. The molecule has 150 valence electrons. The molecular weight excluding hydrogens is 397 g/mol. The number of nitro groups is 1. The Bertz CT molecular complexity index is 1480. The molecule has 31 heavy (non-hydrogen) atoms. The van der Waals surface area contributed by atoms with Crippen LogP contribution in [0.2, 0.25) is 0 Å². The minimum Gasteiger partial charge on any atom is -0.271 e. The Balaban J connectivity index is 1.69. The second-order valence-corrected chi connectivity index (χ2v) is 6.86. The Kier molecular flexibility index (Phi) is 4.44. The first kappa shape index (κ1) is 18.6. The van der Waals surface area contributed by atoms with Crippen molar-refractivity contribution >= 4 is 34.5 Å². The highest BCUT2D eigenvalue weighted by Gasteiger charge is 2.15. The highest BCUT2D eigenvalue weighted by atomic mass is 19.1. The third-order valence-corrected chi connectivity index (χ3v) is 4.87. The summed E-state index contributed by atoms with van der Waals surface area (Å²) in [7, 11) is 0. The molecule has 2 heterocycles. The number of benzene rings is 3. The van der Waals surface area contributed by atoms with Crippen molar-refractivity contribution in [1.82, 2.24) is 19.6 Å². The van der Waals surface area contributed by atoms with E-state index in [1.54, 1.807) is 36.4 Å². The Morgan fingerprint density at radius 3 is 2.55 bits per heavy atom. The van der Waals surface area contributed by atoms with E-state index in [2.05, 4.69) is 10.2 Å². The van der Waals surface area contributed by atoms with Crippen LogP contribution in [0.25, 0.3) is 40.2 Å². The van der Waals surface area contributed by atoms with Gasteiger partial charge in [-0.25, -0.2) is 9.37 Å². The van der Waals surface area contributed by atoms with Gasteiger partial charge < -0.3 is 0 Å². The highest BCUT2D eigenvalue weighted by molar-refractivity contribution is 5.85. The van der Waals surface area contributed by atoms with Gasteiger partial charge in [0.2, 0.25) is 0 Å². The maximum absolute atomic E-state index is 13.4. The fourth-order valence-corrected chi connectivity index (χ4v) is 3.42. The molecule has 0 fully saturated rings. The molecule has 8 heteroatoms. The molecule has 0 N–H and O–H groups in total. The molecule has 0 atom stereocenters. The highest BCUT2D eigenvalue weighted by Crippen LogP contribution is 2.26. The summed E-state index contributed by atoms with van der Waals surface area (Å²) in [5.41, 5.74) is 4.04. The van der Waals surface area contributed by atoms with Gasteiger partial charge in [-0.15, -0.1) is 10.2 Å². The number of nitro benzene ring substituents is 1. The van der Waals surface area contributed by atoms with Crippen LogP contribution in [0.3, 0.4) is 0 Å². The molecule has 7 nitrogen and oxygen atoms in total. The maximum atomic E-state index is 13.4. The van der Waals surface area contributed by atoms with Crippen LogP contribution in [0.1, 0.15) is 11.3 Å². The molecule has 5 rings (SSSR count). The van der Waals surface area contributed by atoms with E-state index in [1.807, 2.05) is 28.7 Å². The number of aromatic nitrogens is 4. The predicted molar refractivity (Wildman–Crippen MR) is 116 cm³/mol. The van der Waals surface area contributed by atoms with Gasteiger partial charge in [0.25, 0.3) is 5.69 Å². The van der Waals surface area contributed by atoms with E-state index >= 15 is 0 Å². The van der Waals surface area contributed by atoms with Crippen LogP contribution >= 0.6 is 0 Å². The summed E-state index contributed by atoms with van der Waals surface area (Å²) in [6, 6.07) is 20.0. The summed E-state index contributed by atoms with van der Waals surface area (Å²) in [6.45, 7) is 0. The summed E-state index contributed by atoms with van der Waals surface area (Å²) in [4.78, 5) is 15.3. The third-order valence-electron chi connectivity index (χ3n) is 4.87. The van der Waals surface area contributed by atoms with E-state index in [4.69, 9.17) is 4.98 Å². The zero-order chi connectivity index (χ0) is 21.4. The third kappa shape index (κ3) is 3.40. The number of non-ortho nitro benzene ring substituents is 1. The van der Waals surface area contributed by atoms with E-state index < -0.39 is 4.92 Å². The van der Waals surface area contributed by atoms with Gasteiger partial charge in [0, 0.05) is 17.7 Å². The van der Waals surface area contributed by atoms with Crippen LogP contribution in [0.15, 0.2) is 72.8 Å². The number of nitrogens with zero attached hydrogens (tertiary/aromatic N) is 5. The van der Waals surface area contributed by atoms with Gasteiger partial charge in [-0.05, 0) is 48.0 Å². The van der Waals surface area contributed by atoms with Crippen LogP contribution in [-0.4, -0.2) is 24.5 Å². The van der Waals surface area contributed by atoms with E-state index in [9.17, 15) is 14.5 Å². The molecule has 0 aliphatic rings. The summed E-state index contributed by atoms with van der Waals surface area (Å²) in [5.74, 6) is 0.239. The Labute approximate surface area is 175 Å². The zero-order valence-electron chi connectivity index (χ0n) is 16.0. The Hall–Kier alpha value is -4.46. The van der Waals surface area contributed by atoms with E-state index in [1.165, 1.54) is 24.3 Å². The molecule has 2 aromatic heterocycles. The Morgan fingerprint density at radius 1 is 0.935 bits per heavy atom. The number of hydrogen-bond donors (Lipinski definition) is 0. The lowest BCUT2D eigenvalue weighted by Gasteiger charge is -2.07. The van der Waals surface area contributed by atoms with Crippen molar-refractivity contribution in [2.45, 2.75) is 0 Å². The molecular formula is C23H14FN5O2.